The highest BCUT2D eigenvalue weighted by Crippen LogP contribution is 2.36. The van der Waals surface area contributed by atoms with Crippen LogP contribution < -0.4 is 11.1 Å². The number of hydrogen-bond donors (Lipinski definition) is 3. The van der Waals surface area contributed by atoms with E-state index in [-0.39, 0.29) is 11.9 Å². The van der Waals surface area contributed by atoms with Crippen molar-refractivity contribution in [1.29, 1.82) is 0 Å². The summed E-state index contributed by atoms with van der Waals surface area (Å²) in [5.74, 6) is -1.12. The number of carboxylic acids is 1. The van der Waals surface area contributed by atoms with Crippen LogP contribution in [-0.4, -0.2) is 29.1 Å². The quantitative estimate of drug-likeness (QED) is 0.655. The Kier molecular flexibility index (Phi) is 3.91. The molecule has 0 aromatic heterocycles. The molecular weight excluding hydrogens is 208 g/mol. The first-order valence-corrected chi connectivity index (χ1v) is 5.67. The minimum Gasteiger partial charge on any atom is -0.481 e. The molecule has 0 heterocycles. The maximum atomic E-state index is 11.5. The molecule has 0 aromatic rings. The van der Waals surface area contributed by atoms with Crippen LogP contribution in [0.2, 0.25) is 0 Å². The molecule has 3 atom stereocenters. The molecule has 1 amide bonds. The third-order valence-electron chi connectivity index (χ3n) is 3.43. The predicted octanol–water partition coefficient (Wildman–Crippen LogP) is 0.483. The van der Waals surface area contributed by atoms with Gasteiger partial charge in [-0.1, -0.05) is 12.8 Å². The van der Waals surface area contributed by atoms with Gasteiger partial charge in [-0.05, 0) is 26.7 Å². The highest BCUT2D eigenvalue weighted by atomic mass is 16.4. The fraction of sp³-hybridized carbons (Fsp3) is 0.818. The molecule has 0 aliphatic heterocycles. The molecular formula is C11H20N2O3. The third kappa shape index (κ3) is 2.52. The second-order valence-electron chi connectivity index (χ2n) is 4.82. The van der Waals surface area contributed by atoms with Crippen LogP contribution in [0.15, 0.2) is 0 Å². The fourth-order valence-corrected chi connectivity index (χ4v) is 2.12. The lowest BCUT2D eigenvalue weighted by molar-refractivity contribution is -0.152. The minimum atomic E-state index is -0.858. The number of carbonyl (C=O) groups is 2. The largest absolute Gasteiger partial charge is 0.481 e. The Balaban J connectivity index is 2.75. The molecule has 1 aliphatic carbocycles. The molecule has 1 rings (SSSR count). The number of nitrogens with one attached hydrogen (secondary N) is 1. The van der Waals surface area contributed by atoms with Gasteiger partial charge in [-0.15, -0.1) is 0 Å². The van der Waals surface area contributed by atoms with Gasteiger partial charge in [0.25, 0.3) is 0 Å². The number of aliphatic carboxylic acids is 1. The van der Waals surface area contributed by atoms with Gasteiger partial charge in [-0.3, -0.25) is 9.59 Å². The van der Waals surface area contributed by atoms with Crippen molar-refractivity contribution in [3.63, 3.8) is 0 Å². The number of amides is 1. The molecule has 0 aromatic carbocycles. The zero-order valence-electron chi connectivity index (χ0n) is 9.82. The summed E-state index contributed by atoms with van der Waals surface area (Å²) in [5.41, 5.74) is 4.60. The first-order valence-electron chi connectivity index (χ1n) is 5.67. The van der Waals surface area contributed by atoms with Gasteiger partial charge in [0.05, 0.1) is 11.5 Å². The third-order valence-corrected chi connectivity index (χ3v) is 3.43. The number of carbonyl (C=O) groups excluding carboxylic acids is 1. The predicted molar refractivity (Wildman–Crippen MR) is 59.8 cm³/mol. The Labute approximate surface area is 95.4 Å². The lowest BCUT2D eigenvalue weighted by atomic mass is 9.71. The van der Waals surface area contributed by atoms with Gasteiger partial charge >= 0.3 is 5.97 Å². The molecule has 2 unspecified atom stereocenters. The van der Waals surface area contributed by atoms with Crippen LogP contribution in [0.25, 0.3) is 0 Å². The molecule has 0 saturated heterocycles. The Hall–Kier alpha value is -1.10. The first-order chi connectivity index (χ1) is 7.38. The van der Waals surface area contributed by atoms with Crippen LogP contribution in [0.4, 0.5) is 0 Å². The average Bonchev–Trinajstić information content (AvgIpc) is 2.21. The maximum Gasteiger partial charge on any atom is 0.311 e. The molecule has 16 heavy (non-hydrogen) atoms. The van der Waals surface area contributed by atoms with Crippen molar-refractivity contribution in [2.75, 3.05) is 0 Å². The topological polar surface area (TPSA) is 92.4 Å². The number of hydrogen-bond acceptors (Lipinski definition) is 3. The van der Waals surface area contributed by atoms with Gasteiger partial charge in [0.1, 0.15) is 0 Å². The van der Waals surface area contributed by atoms with E-state index in [0.29, 0.717) is 12.8 Å². The van der Waals surface area contributed by atoms with Crippen molar-refractivity contribution in [2.45, 2.75) is 51.6 Å². The summed E-state index contributed by atoms with van der Waals surface area (Å²) < 4.78 is 0. The second-order valence-corrected chi connectivity index (χ2v) is 4.82. The van der Waals surface area contributed by atoms with Crippen molar-refractivity contribution in [3.8, 4) is 0 Å². The van der Waals surface area contributed by atoms with Crippen LogP contribution in [-0.2, 0) is 9.59 Å². The minimum absolute atomic E-state index is 0.278. The molecule has 1 saturated carbocycles. The first kappa shape index (κ1) is 13.0. The zero-order chi connectivity index (χ0) is 12.3. The molecule has 5 nitrogen and oxygen atoms in total. The second kappa shape index (κ2) is 4.82. The van der Waals surface area contributed by atoms with Gasteiger partial charge in [0.2, 0.25) is 5.91 Å². The van der Waals surface area contributed by atoms with Gasteiger partial charge < -0.3 is 16.2 Å². The molecule has 0 radical (unpaired) electrons. The SMILES string of the molecule is C[C@@H](N)C(=O)NC1CCCCC1(C)C(=O)O. The summed E-state index contributed by atoms with van der Waals surface area (Å²) in [6.45, 7) is 3.29. The van der Waals surface area contributed by atoms with E-state index in [1.165, 1.54) is 0 Å². The smallest absolute Gasteiger partial charge is 0.311 e. The standard InChI is InChI=1S/C11H20N2O3/c1-7(12)9(14)13-8-5-3-4-6-11(8,2)10(15)16/h7-8H,3-6,12H2,1-2H3,(H,13,14)(H,15,16)/t7-,8?,11?/m1/s1. The van der Waals surface area contributed by atoms with E-state index in [1.54, 1.807) is 13.8 Å². The average molecular weight is 228 g/mol. The van der Waals surface area contributed by atoms with E-state index in [2.05, 4.69) is 5.32 Å². The van der Waals surface area contributed by atoms with Gasteiger partial charge in [-0.25, -0.2) is 0 Å². The van der Waals surface area contributed by atoms with Gasteiger partial charge in [0, 0.05) is 6.04 Å². The van der Waals surface area contributed by atoms with Crippen molar-refractivity contribution < 1.29 is 14.7 Å². The van der Waals surface area contributed by atoms with Crippen LogP contribution >= 0.6 is 0 Å². The maximum absolute atomic E-state index is 11.5. The fourth-order valence-electron chi connectivity index (χ4n) is 2.12. The van der Waals surface area contributed by atoms with Crippen LogP contribution in [0.1, 0.15) is 39.5 Å². The molecule has 0 bridgehead atoms. The lowest BCUT2D eigenvalue weighted by Gasteiger charge is -2.38. The molecule has 0 spiro atoms. The van der Waals surface area contributed by atoms with E-state index in [4.69, 9.17) is 5.73 Å². The summed E-state index contributed by atoms with van der Waals surface area (Å²) >= 11 is 0. The van der Waals surface area contributed by atoms with Gasteiger partial charge in [-0.2, -0.15) is 0 Å². The van der Waals surface area contributed by atoms with Crippen LogP contribution in [0, 0.1) is 5.41 Å². The number of rotatable bonds is 3. The summed E-state index contributed by atoms with van der Waals surface area (Å²) in [6.07, 6.45) is 3.16. The van der Waals surface area contributed by atoms with Crippen molar-refractivity contribution in [2.24, 2.45) is 11.1 Å². The summed E-state index contributed by atoms with van der Waals surface area (Å²) in [6, 6.07) is -0.905. The monoisotopic (exact) mass is 228 g/mol. The van der Waals surface area contributed by atoms with Gasteiger partial charge in [0.15, 0.2) is 0 Å². The Morgan fingerprint density at radius 1 is 1.50 bits per heavy atom. The highest BCUT2D eigenvalue weighted by molar-refractivity contribution is 5.83. The number of carboxylic acid groups (broad SMARTS) is 1. The van der Waals surface area contributed by atoms with Crippen molar-refractivity contribution in [1.82, 2.24) is 5.32 Å². The molecule has 92 valence electrons. The molecule has 5 heteroatoms. The van der Waals surface area contributed by atoms with Crippen LogP contribution in [0.3, 0.4) is 0 Å². The summed E-state index contributed by atoms with van der Waals surface area (Å²) in [4.78, 5) is 22.7. The molecule has 1 fully saturated rings. The Bertz CT molecular complexity index is 291. The van der Waals surface area contributed by atoms with Crippen molar-refractivity contribution >= 4 is 11.9 Å². The zero-order valence-corrected chi connectivity index (χ0v) is 9.82. The highest BCUT2D eigenvalue weighted by Gasteiger charge is 2.43. The van der Waals surface area contributed by atoms with Crippen LogP contribution in [0.5, 0.6) is 0 Å². The van der Waals surface area contributed by atoms with E-state index in [1.807, 2.05) is 0 Å². The normalized spacial score (nSPS) is 31.8. The summed E-state index contributed by atoms with van der Waals surface area (Å²) in [5, 5.41) is 12.0. The van der Waals surface area contributed by atoms with Crippen molar-refractivity contribution in [3.05, 3.63) is 0 Å². The van der Waals surface area contributed by atoms with E-state index in [0.717, 1.165) is 12.8 Å². The summed E-state index contributed by atoms with van der Waals surface area (Å²) in [7, 11) is 0. The van der Waals surface area contributed by atoms with E-state index in [9.17, 15) is 14.7 Å². The molecule has 4 N–H and O–H groups in total. The lowest BCUT2D eigenvalue weighted by Crippen LogP contribution is -2.54. The van der Waals surface area contributed by atoms with E-state index >= 15 is 0 Å². The Morgan fingerprint density at radius 2 is 2.12 bits per heavy atom. The Morgan fingerprint density at radius 3 is 2.62 bits per heavy atom. The molecule has 1 aliphatic rings. The number of nitrogens with two attached hydrogens (primary N) is 1. The van der Waals surface area contributed by atoms with E-state index < -0.39 is 17.4 Å².